The highest BCUT2D eigenvalue weighted by atomic mass is 16.5. The van der Waals surface area contributed by atoms with Crippen molar-refractivity contribution in [3.63, 3.8) is 0 Å². The van der Waals surface area contributed by atoms with Gasteiger partial charge in [0.2, 0.25) is 0 Å². The van der Waals surface area contributed by atoms with Crippen molar-refractivity contribution < 1.29 is 14.6 Å². The number of ether oxygens (including phenoxy) is 1. The molecule has 0 aromatic carbocycles. The van der Waals surface area contributed by atoms with Crippen LogP contribution in [0.2, 0.25) is 0 Å². The number of carbonyl (C=O) groups excluding carboxylic acids is 1. The second-order valence-corrected chi connectivity index (χ2v) is 11.9. The van der Waals surface area contributed by atoms with Gasteiger partial charge in [-0.15, -0.1) is 0 Å². The van der Waals surface area contributed by atoms with E-state index in [0.29, 0.717) is 17.3 Å². The Balaban J connectivity index is 1.86. The van der Waals surface area contributed by atoms with E-state index in [2.05, 4.69) is 39.5 Å². The summed E-state index contributed by atoms with van der Waals surface area (Å²) in [4.78, 5) is 11.5. The molecule has 3 aliphatic rings. The van der Waals surface area contributed by atoms with Gasteiger partial charge in [0, 0.05) is 13.3 Å². The van der Waals surface area contributed by atoms with Crippen LogP contribution < -0.4 is 0 Å². The fourth-order valence-corrected chi connectivity index (χ4v) is 6.79. The van der Waals surface area contributed by atoms with Gasteiger partial charge in [0.1, 0.15) is 6.10 Å². The monoisotopic (exact) mass is 442 g/mol. The number of rotatable bonds is 7. The van der Waals surface area contributed by atoms with Gasteiger partial charge in [-0.2, -0.15) is 0 Å². The fraction of sp³-hybridized carbons (Fsp3) is 0.759. The molecule has 3 aliphatic carbocycles. The van der Waals surface area contributed by atoms with E-state index in [-0.39, 0.29) is 23.6 Å². The molecule has 3 nitrogen and oxygen atoms in total. The van der Waals surface area contributed by atoms with Crippen molar-refractivity contribution in [1.29, 1.82) is 0 Å². The van der Waals surface area contributed by atoms with Crippen LogP contribution in [0.5, 0.6) is 0 Å². The van der Waals surface area contributed by atoms with Crippen LogP contribution >= 0.6 is 0 Å². The first-order valence-electron chi connectivity index (χ1n) is 13.0. The average Bonchev–Trinajstić information content (AvgIpc) is 3.09. The summed E-state index contributed by atoms with van der Waals surface area (Å²) in [6, 6.07) is 0. The molecule has 0 radical (unpaired) electrons. The minimum atomic E-state index is -0.211. The van der Waals surface area contributed by atoms with E-state index < -0.39 is 0 Å². The number of hydrogen-bond donors (Lipinski definition) is 1. The third-order valence-corrected chi connectivity index (χ3v) is 8.76. The molecule has 0 amide bonds. The number of hydrogen-bond acceptors (Lipinski definition) is 3. The van der Waals surface area contributed by atoms with Crippen molar-refractivity contribution in [1.82, 2.24) is 0 Å². The lowest BCUT2D eigenvalue weighted by molar-refractivity contribution is -0.146. The van der Waals surface area contributed by atoms with E-state index in [1.54, 1.807) is 5.57 Å². The molecule has 0 aliphatic heterocycles. The van der Waals surface area contributed by atoms with Crippen LogP contribution in [-0.2, 0) is 9.53 Å². The highest BCUT2D eigenvalue weighted by molar-refractivity contribution is 5.66. The van der Waals surface area contributed by atoms with Crippen LogP contribution in [0.1, 0.15) is 105 Å². The summed E-state index contributed by atoms with van der Waals surface area (Å²) in [6.07, 6.45) is 16.8. The highest BCUT2D eigenvalue weighted by Gasteiger charge is 2.48. The van der Waals surface area contributed by atoms with E-state index in [0.717, 1.165) is 38.5 Å². The Morgan fingerprint density at radius 2 is 2.03 bits per heavy atom. The zero-order chi connectivity index (χ0) is 23.5. The Morgan fingerprint density at radius 1 is 1.28 bits per heavy atom. The second kappa shape index (κ2) is 10.3. The van der Waals surface area contributed by atoms with Crippen LogP contribution in [-0.4, -0.2) is 23.3 Å². The largest absolute Gasteiger partial charge is 0.462 e. The Labute approximate surface area is 196 Å². The van der Waals surface area contributed by atoms with Crippen LogP contribution in [0.15, 0.2) is 35.5 Å². The van der Waals surface area contributed by atoms with Crippen molar-refractivity contribution in [3.8, 4) is 0 Å². The summed E-state index contributed by atoms with van der Waals surface area (Å²) in [5.41, 5.74) is 4.77. The van der Waals surface area contributed by atoms with Gasteiger partial charge < -0.3 is 9.84 Å². The minimum absolute atomic E-state index is 0.0153. The van der Waals surface area contributed by atoms with Crippen molar-refractivity contribution in [2.75, 3.05) is 0 Å². The zero-order valence-electron chi connectivity index (χ0n) is 21.2. The highest BCUT2D eigenvalue weighted by Crippen LogP contribution is 2.59. The molecule has 0 bridgehead atoms. The predicted molar refractivity (Wildman–Crippen MR) is 132 cm³/mol. The van der Waals surface area contributed by atoms with Crippen molar-refractivity contribution in [3.05, 3.63) is 35.5 Å². The lowest BCUT2D eigenvalue weighted by atomic mass is 9.57. The zero-order valence-corrected chi connectivity index (χ0v) is 21.2. The number of aliphatic hydroxyl groups is 1. The summed E-state index contributed by atoms with van der Waals surface area (Å²) in [5.74, 6) is 1.08. The standard InChI is InChI=1S/C29H46O3/c1-20-11-13-24(32-22(3)31)19-23(20)12-14-25-26(28(4,5)16-7-9-21(2)30)15-18-29(6)17-8-10-27(25)29/h12,14,21,24,26-27,30H,1,7-11,13,15-19H2,2-6H3. The van der Waals surface area contributed by atoms with Crippen LogP contribution in [0, 0.1) is 22.7 Å². The minimum Gasteiger partial charge on any atom is -0.462 e. The summed E-state index contributed by atoms with van der Waals surface area (Å²) >= 11 is 0. The maximum absolute atomic E-state index is 11.5. The Kier molecular flexibility index (Phi) is 8.12. The average molecular weight is 443 g/mol. The summed E-state index contributed by atoms with van der Waals surface area (Å²) in [5, 5.41) is 9.74. The Morgan fingerprint density at radius 3 is 2.72 bits per heavy atom. The van der Waals surface area contributed by atoms with Gasteiger partial charge in [-0.3, -0.25) is 4.79 Å². The molecule has 0 saturated heterocycles. The van der Waals surface area contributed by atoms with E-state index in [4.69, 9.17) is 4.74 Å². The van der Waals surface area contributed by atoms with Crippen molar-refractivity contribution >= 4 is 5.97 Å². The third-order valence-electron chi connectivity index (χ3n) is 8.76. The summed E-state index contributed by atoms with van der Waals surface area (Å²) in [7, 11) is 0. The molecule has 1 N–H and O–H groups in total. The molecule has 5 unspecified atom stereocenters. The van der Waals surface area contributed by atoms with E-state index >= 15 is 0 Å². The number of aliphatic hydroxyl groups excluding tert-OH is 1. The first kappa shape index (κ1) is 25.3. The quantitative estimate of drug-likeness (QED) is 0.421. The van der Waals surface area contributed by atoms with Crippen molar-refractivity contribution in [2.24, 2.45) is 22.7 Å². The molecule has 5 atom stereocenters. The van der Waals surface area contributed by atoms with E-state index in [1.165, 1.54) is 50.2 Å². The van der Waals surface area contributed by atoms with Crippen LogP contribution in [0.4, 0.5) is 0 Å². The molecule has 0 aromatic heterocycles. The lowest BCUT2D eigenvalue weighted by Gasteiger charge is -2.48. The van der Waals surface area contributed by atoms with Gasteiger partial charge >= 0.3 is 5.97 Å². The summed E-state index contributed by atoms with van der Waals surface area (Å²) < 4.78 is 5.52. The molecule has 0 heterocycles. The van der Waals surface area contributed by atoms with Gasteiger partial charge in [0.15, 0.2) is 0 Å². The van der Waals surface area contributed by atoms with Gasteiger partial charge in [0.05, 0.1) is 6.10 Å². The van der Waals surface area contributed by atoms with Crippen LogP contribution in [0.25, 0.3) is 0 Å². The molecule has 32 heavy (non-hydrogen) atoms. The predicted octanol–water partition coefficient (Wildman–Crippen LogP) is 7.30. The van der Waals surface area contributed by atoms with Gasteiger partial charge in [-0.1, -0.05) is 63.5 Å². The van der Waals surface area contributed by atoms with Gasteiger partial charge in [-0.25, -0.2) is 0 Å². The maximum atomic E-state index is 11.5. The molecule has 180 valence electrons. The lowest BCUT2D eigenvalue weighted by Crippen LogP contribution is -2.38. The first-order chi connectivity index (χ1) is 15.0. The normalized spacial score (nSPS) is 34.6. The smallest absolute Gasteiger partial charge is 0.302 e. The molecular weight excluding hydrogens is 396 g/mol. The van der Waals surface area contributed by atoms with Gasteiger partial charge in [0.25, 0.3) is 0 Å². The SMILES string of the molecule is C=C1CCC(OC(C)=O)CC1=CC=C1C(C(C)(C)CCCC(C)O)CCC2(C)CCCC12. The third kappa shape index (κ3) is 5.95. The number of allylic oxidation sites excluding steroid dienone is 4. The molecule has 0 aromatic rings. The van der Waals surface area contributed by atoms with E-state index in [1.807, 2.05) is 6.92 Å². The Hall–Kier alpha value is -1.35. The maximum Gasteiger partial charge on any atom is 0.302 e. The molecule has 3 fully saturated rings. The molecule has 3 heteroatoms. The number of fused-ring (bicyclic) bond motifs is 1. The first-order valence-corrected chi connectivity index (χ1v) is 13.0. The molecule has 3 saturated carbocycles. The van der Waals surface area contributed by atoms with E-state index in [9.17, 15) is 9.90 Å². The Bertz CT molecular complexity index is 756. The fourth-order valence-electron chi connectivity index (χ4n) is 6.79. The molecule has 0 spiro atoms. The number of carbonyl (C=O) groups is 1. The van der Waals surface area contributed by atoms with Gasteiger partial charge in [-0.05, 0) is 86.5 Å². The molecule has 3 rings (SSSR count). The topological polar surface area (TPSA) is 46.5 Å². The van der Waals surface area contributed by atoms with Crippen LogP contribution in [0.3, 0.4) is 0 Å². The number of esters is 1. The summed E-state index contributed by atoms with van der Waals surface area (Å²) in [6.45, 7) is 15.1. The van der Waals surface area contributed by atoms with Crippen molar-refractivity contribution in [2.45, 2.75) is 117 Å². The second-order valence-electron chi connectivity index (χ2n) is 11.9. The molecular formula is C29H46O3.